The van der Waals surface area contributed by atoms with Crippen LogP contribution in [0.3, 0.4) is 0 Å². The molecular formula is C18H21N3O3. The van der Waals surface area contributed by atoms with Gasteiger partial charge in [0.15, 0.2) is 0 Å². The minimum atomic E-state index is -0.484. The van der Waals surface area contributed by atoms with E-state index >= 15 is 0 Å². The van der Waals surface area contributed by atoms with Gasteiger partial charge in [-0.05, 0) is 37.1 Å². The van der Waals surface area contributed by atoms with E-state index in [1.165, 1.54) is 6.08 Å². The first-order chi connectivity index (χ1) is 11.5. The number of rotatable bonds is 4. The number of aryl methyl sites for hydroxylation is 1. The Balaban J connectivity index is 1.56. The Labute approximate surface area is 141 Å². The quantitative estimate of drug-likeness (QED) is 0.834. The van der Waals surface area contributed by atoms with Gasteiger partial charge in [-0.1, -0.05) is 18.7 Å². The van der Waals surface area contributed by atoms with Crippen molar-refractivity contribution in [1.82, 2.24) is 10.2 Å². The van der Waals surface area contributed by atoms with E-state index < -0.39 is 6.04 Å². The van der Waals surface area contributed by atoms with Gasteiger partial charge >= 0.3 is 0 Å². The van der Waals surface area contributed by atoms with Crippen LogP contribution < -0.4 is 10.2 Å². The minimum Gasteiger partial charge on any atom is -0.344 e. The third kappa shape index (κ3) is 3.04. The zero-order chi connectivity index (χ0) is 17.3. The molecule has 2 fully saturated rings. The largest absolute Gasteiger partial charge is 0.344 e. The number of hydrogen-bond acceptors (Lipinski definition) is 3. The Bertz CT molecular complexity index is 695. The Morgan fingerprint density at radius 1 is 1.33 bits per heavy atom. The van der Waals surface area contributed by atoms with Crippen molar-refractivity contribution in [2.24, 2.45) is 5.92 Å². The summed E-state index contributed by atoms with van der Waals surface area (Å²) in [5.74, 6) is -0.642. The number of likely N-dealkylation sites (tertiary alicyclic amines) is 1. The summed E-state index contributed by atoms with van der Waals surface area (Å²) in [6, 6.07) is 7.29. The Hall–Kier alpha value is -2.63. The van der Waals surface area contributed by atoms with Gasteiger partial charge in [0.25, 0.3) is 0 Å². The highest BCUT2D eigenvalue weighted by molar-refractivity contribution is 6.01. The van der Waals surface area contributed by atoms with Crippen LogP contribution in [0.15, 0.2) is 36.9 Å². The van der Waals surface area contributed by atoms with E-state index in [0.29, 0.717) is 26.1 Å². The lowest BCUT2D eigenvalue weighted by Crippen LogP contribution is -2.57. The SMILES string of the molecule is C=CC(=O)N1CC(C(=O)NC2CCN(c3cccc(C)c3)C2=O)C1. The lowest BCUT2D eigenvalue weighted by molar-refractivity contribution is -0.140. The molecular weight excluding hydrogens is 306 g/mol. The van der Waals surface area contributed by atoms with Gasteiger partial charge in [-0.25, -0.2) is 0 Å². The summed E-state index contributed by atoms with van der Waals surface area (Å²) in [6.07, 6.45) is 1.84. The Morgan fingerprint density at radius 2 is 2.08 bits per heavy atom. The third-order valence-corrected chi connectivity index (χ3v) is 4.57. The maximum atomic E-state index is 12.5. The number of amides is 3. The maximum Gasteiger partial charge on any atom is 0.249 e. The first-order valence-corrected chi connectivity index (χ1v) is 8.09. The third-order valence-electron chi connectivity index (χ3n) is 4.57. The number of carbonyl (C=O) groups is 3. The molecule has 0 saturated carbocycles. The van der Waals surface area contributed by atoms with Gasteiger partial charge < -0.3 is 15.1 Å². The lowest BCUT2D eigenvalue weighted by Gasteiger charge is -2.37. The number of hydrogen-bond donors (Lipinski definition) is 1. The van der Waals surface area contributed by atoms with Crippen LogP contribution in [0, 0.1) is 12.8 Å². The first-order valence-electron chi connectivity index (χ1n) is 8.09. The number of nitrogens with zero attached hydrogens (tertiary/aromatic N) is 2. The molecule has 24 heavy (non-hydrogen) atoms. The van der Waals surface area contributed by atoms with Crippen molar-refractivity contribution in [1.29, 1.82) is 0 Å². The smallest absolute Gasteiger partial charge is 0.249 e. The Kier molecular flexibility index (Phi) is 4.38. The minimum absolute atomic E-state index is 0.0766. The van der Waals surface area contributed by atoms with Gasteiger partial charge in [0.05, 0.1) is 5.92 Å². The van der Waals surface area contributed by atoms with Gasteiger partial charge in [0.2, 0.25) is 17.7 Å². The molecule has 1 atom stereocenters. The van der Waals surface area contributed by atoms with Crippen LogP contribution in [0.2, 0.25) is 0 Å². The summed E-state index contributed by atoms with van der Waals surface area (Å²) in [5, 5.41) is 2.83. The number of carbonyl (C=O) groups excluding carboxylic acids is 3. The van der Waals surface area contributed by atoms with Gasteiger partial charge in [-0.2, -0.15) is 0 Å². The predicted octanol–water partition coefficient (Wildman–Crippen LogP) is 0.861. The second-order valence-corrected chi connectivity index (χ2v) is 6.32. The molecule has 1 N–H and O–H groups in total. The standard InChI is InChI=1S/C18H21N3O3/c1-3-16(22)20-10-13(11-20)17(23)19-15-7-8-21(18(15)24)14-6-4-5-12(2)9-14/h3-6,9,13,15H,1,7-8,10-11H2,2H3,(H,19,23). The van der Waals surface area contributed by atoms with Crippen molar-refractivity contribution in [3.05, 3.63) is 42.5 Å². The van der Waals surface area contributed by atoms with Crippen LogP contribution in [0.25, 0.3) is 0 Å². The summed E-state index contributed by atoms with van der Waals surface area (Å²) < 4.78 is 0. The van der Waals surface area contributed by atoms with Gasteiger partial charge in [-0.3, -0.25) is 14.4 Å². The van der Waals surface area contributed by atoms with Crippen molar-refractivity contribution in [2.45, 2.75) is 19.4 Å². The van der Waals surface area contributed by atoms with Crippen molar-refractivity contribution in [3.8, 4) is 0 Å². The predicted molar refractivity (Wildman–Crippen MR) is 90.3 cm³/mol. The number of nitrogens with one attached hydrogen (secondary N) is 1. The second-order valence-electron chi connectivity index (χ2n) is 6.32. The summed E-state index contributed by atoms with van der Waals surface area (Å²) in [4.78, 5) is 39.4. The summed E-state index contributed by atoms with van der Waals surface area (Å²) >= 11 is 0. The molecule has 6 nitrogen and oxygen atoms in total. The van der Waals surface area contributed by atoms with E-state index in [-0.39, 0.29) is 23.6 Å². The van der Waals surface area contributed by atoms with E-state index in [2.05, 4.69) is 11.9 Å². The molecule has 2 aliphatic heterocycles. The van der Waals surface area contributed by atoms with Crippen LogP contribution in [0.5, 0.6) is 0 Å². The molecule has 0 bridgehead atoms. The fraction of sp³-hybridized carbons (Fsp3) is 0.389. The van der Waals surface area contributed by atoms with Gasteiger partial charge in [0, 0.05) is 25.3 Å². The molecule has 2 aliphatic rings. The molecule has 1 aromatic carbocycles. The fourth-order valence-corrected chi connectivity index (χ4v) is 3.11. The van der Waals surface area contributed by atoms with Crippen LogP contribution >= 0.6 is 0 Å². The lowest BCUT2D eigenvalue weighted by atomic mass is 9.98. The van der Waals surface area contributed by atoms with Crippen molar-refractivity contribution in [3.63, 3.8) is 0 Å². The summed E-state index contributed by atoms with van der Waals surface area (Å²) in [5.41, 5.74) is 1.96. The molecule has 0 aromatic heterocycles. The van der Waals surface area contributed by atoms with E-state index in [4.69, 9.17) is 0 Å². The molecule has 126 valence electrons. The molecule has 0 spiro atoms. The molecule has 0 aliphatic carbocycles. The molecule has 6 heteroatoms. The van der Waals surface area contributed by atoms with E-state index in [0.717, 1.165) is 11.3 Å². The average molecular weight is 327 g/mol. The maximum absolute atomic E-state index is 12.5. The monoisotopic (exact) mass is 327 g/mol. The van der Waals surface area contributed by atoms with Crippen molar-refractivity contribution in [2.75, 3.05) is 24.5 Å². The summed E-state index contributed by atoms with van der Waals surface area (Å²) in [7, 11) is 0. The van der Waals surface area contributed by atoms with Crippen LogP contribution in [0.4, 0.5) is 5.69 Å². The Morgan fingerprint density at radius 3 is 2.75 bits per heavy atom. The molecule has 2 saturated heterocycles. The van der Waals surface area contributed by atoms with Crippen LogP contribution in [-0.2, 0) is 14.4 Å². The zero-order valence-corrected chi connectivity index (χ0v) is 13.7. The van der Waals surface area contributed by atoms with Crippen molar-refractivity contribution >= 4 is 23.4 Å². The second kappa shape index (κ2) is 6.47. The molecule has 1 aromatic rings. The first kappa shape index (κ1) is 16.2. The van der Waals surface area contributed by atoms with Crippen LogP contribution in [0.1, 0.15) is 12.0 Å². The fourth-order valence-electron chi connectivity index (χ4n) is 3.11. The number of anilines is 1. The number of benzene rings is 1. The topological polar surface area (TPSA) is 69.7 Å². The van der Waals surface area contributed by atoms with Gasteiger partial charge in [0.1, 0.15) is 6.04 Å². The van der Waals surface area contributed by atoms with Gasteiger partial charge in [-0.15, -0.1) is 0 Å². The van der Waals surface area contributed by atoms with E-state index in [1.807, 2.05) is 31.2 Å². The van der Waals surface area contributed by atoms with Crippen LogP contribution in [-0.4, -0.2) is 48.3 Å². The highest BCUT2D eigenvalue weighted by atomic mass is 16.2. The molecule has 1 unspecified atom stereocenters. The highest BCUT2D eigenvalue weighted by Gasteiger charge is 2.39. The molecule has 2 heterocycles. The highest BCUT2D eigenvalue weighted by Crippen LogP contribution is 2.23. The molecule has 0 radical (unpaired) electrons. The van der Waals surface area contributed by atoms with Crippen molar-refractivity contribution < 1.29 is 14.4 Å². The zero-order valence-electron chi connectivity index (χ0n) is 13.7. The molecule has 3 amide bonds. The normalized spacial score (nSPS) is 20.7. The van der Waals surface area contributed by atoms with E-state index in [1.54, 1.807) is 9.80 Å². The molecule has 3 rings (SSSR count). The van der Waals surface area contributed by atoms with E-state index in [9.17, 15) is 14.4 Å². The average Bonchev–Trinajstić information content (AvgIpc) is 2.86. The summed E-state index contributed by atoms with van der Waals surface area (Å²) in [6.45, 7) is 6.78.